The highest BCUT2D eigenvalue weighted by atomic mass is 32.2. The molecule has 18 heavy (non-hydrogen) atoms. The highest BCUT2D eigenvalue weighted by Crippen LogP contribution is 2.20. The van der Waals surface area contributed by atoms with Gasteiger partial charge in [-0.3, -0.25) is 9.25 Å². The molecule has 2 aromatic heterocycles. The van der Waals surface area contributed by atoms with Crippen LogP contribution in [-0.4, -0.2) is 31.3 Å². The van der Waals surface area contributed by atoms with Crippen molar-refractivity contribution in [3.05, 3.63) is 5.69 Å². The van der Waals surface area contributed by atoms with Crippen LogP contribution in [0.2, 0.25) is 0 Å². The molecule has 0 radical (unpaired) electrons. The first-order chi connectivity index (χ1) is 8.65. The van der Waals surface area contributed by atoms with Crippen LogP contribution in [0.15, 0.2) is 0 Å². The second kappa shape index (κ2) is 5.65. The van der Waals surface area contributed by atoms with Gasteiger partial charge in [-0.15, -0.1) is 0 Å². The van der Waals surface area contributed by atoms with Crippen molar-refractivity contribution in [1.29, 1.82) is 0 Å². The van der Waals surface area contributed by atoms with Crippen LogP contribution in [0.1, 0.15) is 25.0 Å². The number of nitrogens with two attached hydrogens (primary N) is 1. The first kappa shape index (κ1) is 13.3. The van der Waals surface area contributed by atoms with E-state index < -0.39 is 0 Å². The Labute approximate surface area is 112 Å². The molecule has 2 rings (SSSR count). The van der Waals surface area contributed by atoms with E-state index in [1.54, 1.807) is 0 Å². The van der Waals surface area contributed by atoms with Crippen molar-refractivity contribution in [3.8, 4) is 0 Å². The number of fused-ring (bicyclic) bond motifs is 1. The van der Waals surface area contributed by atoms with Gasteiger partial charge in [-0.1, -0.05) is 6.42 Å². The van der Waals surface area contributed by atoms with Crippen LogP contribution in [0.4, 0.5) is 5.95 Å². The number of aryl methyl sites for hydroxylation is 3. The van der Waals surface area contributed by atoms with Crippen molar-refractivity contribution in [1.82, 2.24) is 19.3 Å². The van der Waals surface area contributed by atoms with Gasteiger partial charge >= 0.3 is 0 Å². The molecule has 0 aliphatic heterocycles. The minimum Gasteiger partial charge on any atom is -0.369 e. The summed E-state index contributed by atoms with van der Waals surface area (Å²) in [6.45, 7) is 2.90. The number of anilines is 1. The fourth-order valence-electron chi connectivity index (χ4n) is 2.27. The maximum Gasteiger partial charge on any atom is 0.202 e. The Morgan fingerprint density at radius 1 is 1.28 bits per heavy atom. The Morgan fingerprint density at radius 3 is 2.78 bits per heavy atom. The number of unbranched alkanes of at least 4 members (excludes halogenated alkanes) is 2. The maximum absolute atomic E-state index is 5.98. The normalized spacial score (nSPS) is 11.5. The van der Waals surface area contributed by atoms with E-state index >= 15 is 0 Å². The molecule has 0 aromatic carbocycles. The standard InChI is InChI=1S/C12H21N5S/c1-9-10-11(16(2)15-9)17(12(13)14-10)7-5-4-6-8-18-3/h4-8H2,1-3H3,(H2,13,14). The van der Waals surface area contributed by atoms with Gasteiger partial charge in [0.2, 0.25) is 5.95 Å². The van der Waals surface area contributed by atoms with Crippen LogP contribution in [0, 0.1) is 6.92 Å². The molecule has 0 bridgehead atoms. The zero-order valence-electron chi connectivity index (χ0n) is 11.3. The van der Waals surface area contributed by atoms with Gasteiger partial charge in [0.25, 0.3) is 0 Å². The van der Waals surface area contributed by atoms with Crippen molar-refractivity contribution in [2.45, 2.75) is 32.7 Å². The molecule has 2 aromatic rings. The molecule has 0 unspecified atom stereocenters. The van der Waals surface area contributed by atoms with E-state index in [0.29, 0.717) is 5.95 Å². The van der Waals surface area contributed by atoms with Gasteiger partial charge in [0, 0.05) is 13.6 Å². The predicted molar refractivity (Wildman–Crippen MR) is 77.9 cm³/mol. The lowest BCUT2D eigenvalue weighted by Gasteiger charge is -2.06. The van der Waals surface area contributed by atoms with Crippen LogP contribution >= 0.6 is 11.8 Å². The second-order valence-electron chi connectivity index (χ2n) is 4.56. The SMILES string of the molecule is CSCCCCCn1c(N)nc2c(C)nn(C)c21. The van der Waals surface area contributed by atoms with Crippen molar-refractivity contribution in [2.75, 3.05) is 17.7 Å². The van der Waals surface area contributed by atoms with E-state index in [4.69, 9.17) is 5.73 Å². The fraction of sp³-hybridized carbons (Fsp3) is 0.667. The number of hydrogen-bond donors (Lipinski definition) is 1. The number of nitrogens with zero attached hydrogens (tertiary/aromatic N) is 4. The average molecular weight is 267 g/mol. The molecule has 100 valence electrons. The van der Waals surface area contributed by atoms with Crippen LogP contribution in [-0.2, 0) is 13.6 Å². The maximum atomic E-state index is 5.98. The summed E-state index contributed by atoms with van der Waals surface area (Å²) < 4.78 is 3.95. The Kier molecular flexibility index (Phi) is 4.16. The number of thioether (sulfide) groups is 1. The van der Waals surface area contributed by atoms with Gasteiger partial charge in [-0.05, 0) is 31.8 Å². The number of rotatable bonds is 6. The van der Waals surface area contributed by atoms with E-state index in [0.717, 1.165) is 29.8 Å². The summed E-state index contributed by atoms with van der Waals surface area (Å²) in [5, 5.41) is 4.38. The molecule has 0 aliphatic carbocycles. The quantitative estimate of drug-likeness (QED) is 0.815. The first-order valence-electron chi connectivity index (χ1n) is 6.29. The van der Waals surface area contributed by atoms with Crippen molar-refractivity contribution in [3.63, 3.8) is 0 Å². The zero-order chi connectivity index (χ0) is 13.1. The van der Waals surface area contributed by atoms with Crippen LogP contribution in [0.5, 0.6) is 0 Å². The lowest BCUT2D eigenvalue weighted by Crippen LogP contribution is -2.07. The highest BCUT2D eigenvalue weighted by Gasteiger charge is 2.14. The van der Waals surface area contributed by atoms with Crippen molar-refractivity contribution in [2.24, 2.45) is 7.05 Å². The summed E-state index contributed by atoms with van der Waals surface area (Å²) in [4.78, 5) is 4.40. The minimum absolute atomic E-state index is 0.603. The lowest BCUT2D eigenvalue weighted by atomic mass is 10.2. The molecule has 5 nitrogen and oxygen atoms in total. The molecular weight excluding hydrogens is 246 g/mol. The zero-order valence-corrected chi connectivity index (χ0v) is 12.1. The summed E-state index contributed by atoms with van der Waals surface area (Å²) in [5.74, 6) is 1.84. The third kappa shape index (κ3) is 2.48. The Hall–Kier alpha value is -1.17. The van der Waals surface area contributed by atoms with Gasteiger partial charge in [0.15, 0.2) is 5.65 Å². The third-order valence-electron chi connectivity index (χ3n) is 3.15. The van der Waals surface area contributed by atoms with Crippen LogP contribution in [0.3, 0.4) is 0 Å². The largest absolute Gasteiger partial charge is 0.369 e. The Balaban J connectivity index is 2.10. The predicted octanol–water partition coefficient (Wildman–Crippen LogP) is 2.19. The van der Waals surface area contributed by atoms with Crippen molar-refractivity contribution < 1.29 is 0 Å². The summed E-state index contributed by atoms with van der Waals surface area (Å²) in [6.07, 6.45) is 5.79. The van der Waals surface area contributed by atoms with Gasteiger partial charge in [0.1, 0.15) is 5.52 Å². The minimum atomic E-state index is 0.603. The highest BCUT2D eigenvalue weighted by molar-refractivity contribution is 7.98. The van der Waals surface area contributed by atoms with Crippen LogP contribution in [0.25, 0.3) is 11.2 Å². The molecule has 2 heterocycles. The number of hydrogen-bond acceptors (Lipinski definition) is 4. The molecule has 2 N–H and O–H groups in total. The molecule has 6 heteroatoms. The first-order valence-corrected chi connectivity index (χ1v) is 7.68. The van der Waals surface area contributed by atoms with E-state index in [1.807, 2.05) is 30.4 Å². The summed E-state index contributed by atoms with van der Waals surface area (Å²) in [5.41, 5.74) is 8.89. The number of aromatic nitrogens is 4. The Morgan fingerprint density at radius 2 is 2.06 bits per heavy atom. The van der Waals surface area contributed by atoms with Gasteiger partial charge in [-0.2, -0.15) is 16.9 Å². The van der Waals surface area contributed by atoms with Crippen molar-refractivity contribution >= 4 is 28.9 Å². The van der Waals surface area contributed by atoms with E-state index in [9.17, 15) is 0 Å². The molecular formula is C12H21N5S. The Bertz CT molecular complexity index is 528. The van der Waals surface area contributed by atoms with Crippen LogP contribution < -0.4 is 5.73 Å². The summed E-state index contributed by atoms with van der Waals surface area (Å²) in [6, 6.07) is 0. The number of imidazole rings is 1. The number of nitrogen functional groups attached to an aromatic ring is 1. The fourth-order valence-corrected chi connectivity index (χ4v) is 2.76. The van der Waals surface area contributed by atoms with Gasteiger partial charge < -0.3 is 5.73 Å². The van der Waals surface area contributed by atoms with Gasteiger partial charge in [-0.25, -0.2) is 4.98 Å². The topological polar surface area (TPSA) is 61.7 Å². The molecule has 0 amide bonds. The molecule has 0 saturated heterocycles. The molecule has 0 aliphatic rings. The summed E-state index contributed by atoms with van der Waals surface area (Å²) >= 11 is 1.90. The monoisotopic (exact) mass is 267 g/mol. The van der Waals surface area contributed by atoms with Gasteiger partial charge in [0.05, 0.1) is 5.69 Å². The van der Waals surface area contributed by atoms with E-state index in [1.165, 1.54) is 18.6 Å². The third-order valence-corrected chi connectivity index (χ3v) is 3.85. The molecule has 0 saturated carbocycles. The van der Waals surface area contributed by atoms with E-state index in [2.05, 4.69) is 20.9 Å². The average Bonchev–Trinajstić information content (AvgIpc) is 2.79. The molecule has 0 fully saturated rings. The molecule has 0 atom stereocenters. The molecule has 0 spiro atoms. The van der Waals surface area contributed by atoms with E-state index in [-0.39, 0.29) is 0 Å². The lowest BCUT2D eigenvalue weighted by molar-refractivity contribution is 0.606. The smallest absolute Gasteiger partial charge is 0.202 e. The second-order valence-corrected chi connectivity index (χ2v) is 5.54. The summed E-state index contributed by atoms with van der Waals surface area (Å²) in [7, 11) is 1.95.